The van der Waals surface area contributed by atoms with Crippen molar-refractivity contribution in [1.82, 2.24) is 10.2 Å². The average molecular weight is 263 g/mol. The number of piperidine rings is 1. The summed E-state index contributed by atoms with van der Waals surface area (Å²) < 4.78 is 0. The fourth-order valence-electron chi connectivity index (χ4n) is 2.44. The third-order valence-corrected chi connectivity index (χ3v) is 3.55. The molecule has 1 saturated heterocycles. The lowest BCUT2D eigenvalue weighted by atomic mass is 10.0. The maximum atomic E-state index is 10.8. The number of nitrogens with two attached hydrogens (primary N) is 1. The molecule has 0 saturated carbocycles. The van der Waals surface area contributed by atoms with Crippen LogP contribution in [0.2, 0.25) is 0 Å². The molecule has 1 fully saturated rings. The Morgan fingerprint density at radius 3 is 2.37 bits per heavy atom. The molecule has 0 radical (unpaired) electrons. The summed E-state index contributed by atoms with van der Waals surface area (Å²) in [5.41, 5.74) is 7.31. The van der Waals surface area contributed by atoms with Crippen molar-refractivity contribution >= 4 is 6.03 Å². The number of carbonyl (C=O) groups is 1. The number of amides is 2. The van der Waals surface area contributed by atoms with E-state index in [1.807, 2.05) is 12.1 Å². The predicted molar refractivity (Wildman–Crippen MR) is 73.4 cm³/mol. The van der Waals surface area contributed by atoms with Gasteiger partial charge in [-0.15, -0.1) is 0 Å². The van der Waals surface area contributed by atoms with E-state index in [-0.39, 0.29) is 12.6 Å². The van der Waals surface area contributed by atoms with Crippen LogP contribution in [0.4, 0.5) is 4.79 Å². The van der Waals surface area contributed by atoms with Gasteiger partial charge < -0.3 is 16.2 Å². The molecule has 1 aromatic carbocycles. The predicted octanol–water partition coefficient (Wildman–Crippen LogP) is 0.812. The highest BCUT2D eigenvalue weighted by Gasteiger charge is 2.19. The summed E-state index contributed by atoms with van der Waals surface area (Å²) in [7, 11) is 0. The molecule has 1 aliphatic rings. The highest BCUT2D eigenvalue weighted by atomic mass is 16.3. The van der Waals surface area contributed by atoms with Gasteiger partial charge in [0.25, 0.3) is 0 Å². The molecular weight excluding hydrogens is 242 g/mol. The van der Waals surface area contributed by atoms with Gasteiger partial charge in [0, 0.05) is 25.7 Å². The van der Waals surface area contributed by atoms with Gasteiger partial charge >= 0.3 is 6.03 Å². The second kappa shape index (κ2) is 6.54. The molecule has 4 N–H and O–H groups in total. The molecule has 0 spiro atoms. The summed E-state index contributed by atoms with van der Waals surface area (Å²) in [6.07, 6.45) is 1.88. The van der Waals surface area contributed by atoms with Gasteiger partial charge in [0.2, 0.25) is 0 Å². The number of rotatable bonds is 4. The Kier molecular flexibility index (Phi) is 4.76. The number of likely N-dealkylation sites (tertiary alicyclic amines) is 1. The molecule has 0 aromatic heterocycles. The molecule has 5 heteroatoms. The fourth-order valence-corrected chi connectivity index (χ4v) is 2.44. The summed E-state index contributed by atoms with van der Waals surface area (Å²) in [6.45, 7) is 2.93. The number of aliphatic hydroxyl groups is 1. The number of nitrogens with zero attached hydrogens (tertiary/aromatic N) is 1. The summed E-state index contributed by atoms with van der Waals surface area (Å²) in [5, 5.41) is 11.8. The molecule has 0 bridgehead atoms. The van der Waals surface area contributed by atoms with Crippen molar-refractivity contribution in [3.63, 3.8) is 0 Å². The molecule has 104 valence electrons. The van der Waals surface area contributed by atoms with Crippen LogP contribution in [0.25, 0.3) is 0 Å². The number of hydrogen-bond donors (Lipinski definition) is 3. The van der Waals surface area contributed by atoms with Crippen molar-refractivity contribution in [3.8, 4) is 0 Å². The first-order valence-electron chi connectivity index (χ1n) is 6.64. The van der Waals surface area contributed by atoms with E-state index >= 15 is 0 Å². The van der Waals surface area contributed by atoms with Gasteiger partial charge in [-0.3, -0.25) is 4.90 Å². The molecule has 1 aromatic rings. The summed E-state index contributed by atoms with van der Waals surface area (Å²) >= 11 is 0. The van der Waals surface area contributed by atoms with E-state index in [9.17, 15) is 4.79 Å². The standard InChI is InChI=1S/C14H21N3O2/c15-14(19)16-13-5-7-17(8-6-13)9-11-1-3-12(10-18)4-2-11/h1-4,13,18H,5-10H2,(H3,15,16,19). The molecular formula is C14H21N3O2. The zero-order chi connectivity index (χ0) is 13.7. The van der Waals surface area contributed by atoms with Gasteiger partial charge in [0.05, 0.1) is 6.61 Å². The molecule has 0 atom stereocenters. The summed E-state index contributed by atoms with van der Waals surface area (Å²) in [4.78, 5) is 13.1. The van der Waals surface area contributed by atoms with E-state index in [1.165, 1.54) is 5.56 Å². The second-order valence-corrected chi connectivity index (χ2v) is 5.03. The SMILES string of the molecule is NC(=O)NC1CCN(Cc2ccc(CO)cc2)CC1. The zero-order valence-electron chi connectivity index (χ0n) is 11.0. The Morgan fingerprint density at radius 2 is 1.84 bits per heavy atom. The smallest absolute Gasteiger partial charge is 0.312 e. The Hall–Kier alpha value is -1.59. The largest absolute Gasteiger partial charge is 0.392 e. The number of nitrogens with one attached hydrogen (secondary N) is 1. The Labute approximate surface area is 113 Å². The molecule has 1 heterocycles. The number of hydrogen-bond acceptors (Lipinski definition) is 3. The van der Waals surface area contributed by atoms with Crippen LogP contribution in [0.3, 0.4) is 0 Å². The minimum Gasteiger partial charge on any atom is -0.392 e. The molecule has 1 aliphatic heterocycles. The number of aliphatic hydroxyl groups excluding tert-OH is 1. The van der Waals surface area contributed by atoms with E-state index in [4.69, 9.17) is 10.8 Å². The van der Waals surface area contributed by atoms with Crippen LogP contribution < -0.4 is 11.1 Å². The van der Waals surface area contributed by atoms with Crippen molar-refractivity contribution in [2.45, 2.75) is 32.0 Å². The van der Waals surface area contributed by atoms with Crippen LogP contribution in [0, 0.1) is 0 Å². The van der Waals surface area contributed by atoms with Gasteiger partial charge in [-0.25, -0.2) is 4.79 Å². The molecule has 2 amide bonds. The van der Waals surface area contributed by atoms with Crippen molar-refractivity contribution < 1.29 is 9.90 Å². The van der Waals surface area contributed by atoms with Crippen molar-refractivity contribution in [2.75, 3.05) is 13.1 Å². The number of urea groups is 1. The molecule has 2 rings (SSSR count). The lowest BCUT2D eigenvalue weighted by molar-refractivity contribution is 0.189. The van der Waals surface area contributed by atoms with Crippen molar-refractivity contribution in [3.05, 3.63) is 35.4 Å². The molecule has 19 heavy (non-hydrogen) atoms. The maximum absolute atomic E-state index is 10.8. The Balaban J connectivity index is 1.80. The van der Waals surface area contributed by atoms with E-state index in [0.717, 1.165) is 38.0 Å². The van der Waals surface area contributed by atoms with Crippen molar-refractivity contribution in [2.24, 2.45) is 5.73 Å². The first-order valence-corrected chi connectivity index (χ1v) is 6.64. The van der Waals surface area contributed by atoms with Crippen LogP contribution in [-0.2, 0) is 13.2 Å². The zero-order valence-corrected chi connectivity index (χ0v) is 11.0. The minimum absolute atomic E-state index is 0.0878. The first-order chi connectivity index (χ1) is 9.17. The van der Waals surface area contributed by atoms with E-state index < -0.39 is 6.03 Å². The summed E-state index contributed by atoms with van der Waals surface area (Å²) in [6, 6.07) is 7.80. The Morgan fingerprint density at radius 1 is 1.26 bits per heavy atom. The van der Waals surface area contributed by atoms with Crippen LogP contribution >= 0.6 is 0 Å². The van der Waals surface area contributed by atoms with Crippen LogP contribution in [0.1, 0.15) is 24.0 Å². The highest BCUT2D eigenvalue weighted by Crippen LogP contribution is 2.14. The normalized spacial score (nSPS) is 17.3. The first kappa shape index (κ1) is 13.8. The van der Waals surface area contributed by atoms with Gasteiger partial charge in [0.1, 0.15) is 0 Å². The lowest BCUT2D eigenvalue weighted by Gasteiger charge is -2.32. The van der Waals surface area contributed by atoms with Crippen LogP contribution in [0.15, 0.2) is 24.3 Å². The quantitative estimate of drug-likeness (QED) is 0.752. The van der Waals surface area contributed by atoms with Gasteiger partial charge in [0.15, 0.2) is 0 Å². The second-order valence-electron chi connectivity index (χ2n) is 5.03. The topological polar surface area (TPSA) is 78.6 Å². The number of carbonyl (C=O) groups excluding carboxylic acids is 1. The monoisotopic (exact) mass is 263 g/mol. The lowest BCUT2D eigenvalue weighted by Crippen LogP contribution is -2.46. The number of primary amides is 1. The van der Waals surface area contributed by atoms with Gasteiger partial charge in [-0.2, -0.15) is 0 Å². The van der Waals surface area contributed by atoms with Crippen molar-refractivity contribution in [1.29, 1.82) is 0 Å². The minimum atomic E-state index is -0.432. The molecule has 5 nitrogen and oxygen atoms in total. The molecule has 0 unspecified atom stereocenters. The Bertz CT molecular complexity index is 411. The van der Waals surface area contributed by atoms with Crippen LogP contribution in [-0.4, -0.2) is 35.2 Å². The average Bonchev–Trinajstić information content (AvgIpc) is 2.41. The number of benzene rings is 1. The maximum Gasteiger partial charge on any atom is 0.312 e. The third-order valence-electron chi connectivity index (χ3n) is 3.55. The highest BCUT2D eigenvalue weighted by molar-refractivity contribution is 5.71. The fraction of sp³-hybridized carbons (Fsp3) is 0.500. The molecule has 0 aliphatic carbocycles. The van der Waals surface area contributed by atoms with Gasteiger partial charge in [-0.05, 0) is 24.0 Å². The third kappa shape index (κ3) is 4.22. The summed E-state index contributed by atoms with van der Waals surface area (Å²) in [5.74, 6) is 0. The van der Waals surface area contributed by atoms with E-state index in [0.29, 0.717) is 0 Å². The van der Waals surface area contributed by atoms with Crippen LogP contribution in [0.5, 0.6) is 0 Å². The van der Waals surface area contributed by atoms with E-state index in [1.54, 1.807) is 0 Å². The van der Waals surface area contributed by atoms with Gasteiger partial charge in [-0.1, -0.05) is 24.3 Å². The van der Waals surface area contributed by atoms with E-state index in [2.05, 4.69) is 22.3 Å².